The standard InChI is InChI=1S/C26H31N5O4/c1-4-30(15-17-8-6-5-7-9-17)21(32)13-27-24(33)19-12-20(18-10-11-18)28-23-22(19)25(34)29-26(35)31(23)14-16(2)3/h5-9,12,16,18H,4,10-11,13-15H2,1-3H3,(H,27,33)(H,29,34,35). The van der Waals surface area contributed by atoms with E-state index in [4.69, 9.17) is 0 Å². The van der Waals surface area contributed by atoms with Gasteiger partial charge in [0.05, 0.1) is 17.5 Å². The zero-order chi connectivity index (χ0) is 25.1. The number of nitrogens with zero attached hydrogens (tertiary/aromatic N) is 3. The Morgan fingerprint density at radius 3 is 2.54 bits per heavy atom. The lowest BCUT2D eigenvalue weighted by atomic mass is 10.1. The lowest BCUT2D eigenvalue weighted by Gasteiger charge is -2.21. The number of aromatic nitrogens is 3. The molecule has 1 aromatic carbocycles. The van der Waals surface area contributed by atoms with Gasteiger partial charge in [0, 0.05) is 31.2 Å². The highest BCUT2D eigenvalue weighted by atomic mass is 16.2. The van der Waals surface area contributed by atoms with E-state index in [1.807, 2.05) is 51.1 Å². The fourth-order valence-electron chi connectivity index (χ4n) is 4.14. The molecule has 4 rings (SSSR count). The van der Waals surface area contributed by atoms with Crippen LogP contribution < -0.4 is 16.6 Å². The molecule has 2 N–H and O–H groups in total. The average molecular weight is 478 g/mol. The van der Waals surface area contributed by atoms with E-state index in [9.17, 15) is 19.2 Å². The van der Waals surface area contributed by atoms with Crippen molar-refractivity contribution in [3.63, 3.8) is 0 Å². The molecular weight excluding hydrogens is 446 g/mol. The largest absolute Gasteiger partial charge is 0.343 e. The summed E-state index contributed by atoms with van der Waals surface area (Å²) in [6.07, 6.45) is 1.89. The molecule has 3 aromatic rings. The minimum absolute atomic E-state index is 0.0660. The number of carbonyl (C=O) groups excluding carboxylic acids is 2. The molecule has 0 saturated heterocycles. The Labute approximate surface area is 203 Å². The van der Waals surface area contributed by atoms with Gasteiger partial charge in [0.1, 0.15) is 0 Å². The van der Waals surface area contributed by atoms with E-state index < -0.39 is 17.2 Å². The molecule has 0 spiro atoms. The van der Waals surface area contributed by atoms with Crippen molar-refractivity contribution in [3.05, 3.63) is 74.1 Å². The number of likely N-dealkylation sites (N-methyl/N-ethyl adjacent to an activating group) is 1. The topological polar surface area (TPSA) is 117 Å². The Morgan fingerprint density at radius 1 is 1.20 bits per heavy atom. The van der Waals surface area contributed by atoms with Gasteiger partial charge in [-0.3, -0.25) is 23.9 Å². The van der Waals surface area contributed by atoms with Gasteiger partial charge in [-0.05, 0) is 37.3 Å². The summed E-state index contributed by atoms with van der Waals surface area (Å²) in [5.41, 5.74) is 0.837. The van der Waals surface area contributed by atoms with Crippen LogP contribution in [0.1, 0.15) is 61.1 Å². The number of hydrogen-bond donors (Lipinski definition) is 2. The van der Waals surface area contributed by atoms with Gasteiger partial charge in [-0.1, -0.05) is 44.2 Å². The number of pyridine rings is 1. The summed E-state index contributed by atoms with van der Waals surface area (Å²) in [6.45, 7) is 6.90. The van der Waals surface area contributed by atoms with Crippen LogP contribution in [-0.4, -0.2) is 44.3 Å². The zero-order valence-corrected chi connectivity index (χ0v) is 20.3. The summed E-state index contributed by atoms with van der Waals surface area (Å²) in [6, 6.07) is 11.3. The van der Waals surface area contributed by atoms with E-state index >= 15 is 0 Å². The number of H-pyrrole nitrogens is 1. The normalized spacial score (nSPS) is 13.3. The smallest absolute Gasteiger partial charge is 0.330 e. The van der Waals surface area contributed by atoms with Crippen LogP contribution in [0.3, 0.4) is 0 Å². The fourth-order valence-corrected chi connectivity index (χ4v) is 4.14. The summed E-state index contributed by atoms with van der Waals surface area (Å²) in [5.74, 6) is -0.427. The first-order valence-electron chi connectivity index (χ1n) is 12.1. The molecule has 9 heteroatoms. The van der Waals surface area contributed by atoms with Gasteiger partial charge in [-0.2, -0.15) is 0 Å². The van der Waals surface area contributed by atoms with Crippen molar-refractivity contribution < 1.29 is 9.59 Å². The third-order valence-electron chi connectivity index (χ3n) is 6.11. The number of amides is 2. The number of fused-ring (bicyclic) bond motifs is 1. The highest BCUT2D eigenvalue weighted by Gasteiger charge is 2.29. The number of benzene rings is 1. The van der Waals surface area contributed by atoms with E-state index in [0.29, 0.717) is 25.3 Å². The van der Waals surface area contributed by atoms with Crippen molar-refractivity contribution in [2.75, 3.05) is 13.1 Å². The number of hydrogen-bond acceptors (Lipinski definition) is 5. The first-order chi connectivity index (χ1) is 16.8. The summed E-state index contributed by atoms with van der Waals surface area (Å²) >= 11 is 0. The Kier molecular flexibility index (Phi) is 7.14. The Hall–Kier alpha value is -3.75. The van der Waals surface area contributed by atoms with Crippen molar-refractivity contribution in [3.8, 4) is 0 Å². The summed E-state index contributed by atoms with van der Waals surface area (Å²) in [5, 5.41) is 2.75. The van der Waals surface area contributed by atoms with E-state index in [1.54, 1.807) is 11.0 Å². The molecule has 35 heavy (non-hydrogen) atoms. The molecule has 1 aliphatic rings. The highest BCUT2D eigenvalue weighted by molar-refractivity contribution is 6.06. The molecular formula is C26H31N5O4. The van der Waals surface area contributed by atoms with Gasteiger partial charge in [-0.25, -0.2) is 9.78 Å². The molecule has 184 valence electrons. The third kappa shape index (κ3) is 5.50. The molecule has 0 unspecified atom stereocenters. The maximum absolute atomic E-state index is 13.2. The third-order valence-corrected chi connectivity index (χ3v) is 6.11. The van der Waals surface area contributed by atoms with Gasteiger partial charge < -0.3 is 10.2 Å². The Balaban J connectivity index is 1.63. The second kappa shape index (κ2) is 10.2. The summed E-state index contributed by atoms with van der Waals surface area (Å²) in [4.78, 5) is 60.0. The van der Waals surface area contributed by atoms with E-state index in [1.165, 1.54) is 4.57 Å². The molecule has 0 aliphatic heterocycles. The van der Waals surface area contributed by atoms with Crippen LogP contribution in [0.15, 0.2) is 46.0 Å². The van der Waals surface area contributed by atoms with Crippen LogP contribution in [0, 0.1) is 5.92 Å². The second-order valence-electron chi connectivity index (χ2n) is 9.41. The number of carbonyl (C=O) groups is 2. The number of nitrogens with one attached hydrogen (secondary N) is 2. The molecule has 2 amide bonds. The van der Waals surface area contributed by atoms with E-state index in [-0.39, 0.29) is 40.9 Å². The molecule has 0 atom stereocenters. The van der Waals surface area contributed by atoms with Gasteiger partial charge in [-0.15, -0.1) is 0 Å². The number of aromatic amines is 1. The van der Waals surface area contributed by atoms with E-state index in [2.05, 4.69) is 15.3 Å². The molecule has 1 aliphatic carbocycles. The second-order valence-corrected chi connectivity index (χ2v) is 9.41. The van der Waals surface area contributed by atoms with Crippen LogP contribution in [0.4, 0.5) is 0 Å². The van der Waals surface area contributed by atoms with E-state index in [0.717, 1.165) is 18.4 Å². The van der Waals surface area contributed by atoms with Crippen LogP contribution in [0.25, 0.3) is 11.0 Å². The monoisotopic (exact) mass is 477 g/mol. The first kappa shape index (κ1) is 24.4. The Morgan fingerprint density at radius 2 is 1.91 bits per heavy atom. The van der Waals surface area contributed by atoms with Gasteiger partial charge in [0.25, 0.3) is 11.5 Å². The molecule has 9 nitrogen and oxygen atoms in total. The van der Waals surface area contributed by atoms with Crippen molar-refractivity contribution in [2.45, 2.75) is 52.6 Å². The van der Waals surface area contributed by atoms with Crippen LogP contribution in [0.5, 0.6) is 0 Å². The molecule has 0 radical (unpaired) electrons. The maximum atomic E-state index is 13.2. The zero-order valence-electron chi connectivity index (χ0n) is 20.3. The van der Waals surface area contributed by atoms with Gasteiger partial charge >= 0.3 is 5.69 Å². The molecule has 1 saturated carbocycles. The lowest BCUT2D eigenvalue weighted by Crippen LogP contribution is -2.40. The van der Waals surface area contributed by atoms with Crippen LogP contribution in [0.2, 0.25) is 0 Å². The first-order valence-corrected chi connectivity index (χ1v) is 12.1. The van der Waals surface area contributed by atoms with Gasteiger partial charge in [0.2, 0.25) is 5.91 Å². The van der Waals surface area contributed by atoms with Crippen molar-refractivity contribution in [1.82, 2.24) is 24.8 Å². The molecule has 2 heterocycles. The molecule has 0 bridgehead atoms. The van der Waals surface area contributed by atoms with Gasteiger partial charge in [0.15, 0.2) is 5.65 Å². The Bertz CT molecular complexity index is 1360. The lowest BCUT2D eigenvalue weighted by molar-refractivity contribution is -0.130. The predicted octanol–water partition coefficient (Wildman–Crippen LogP) is 2.40. The SMILES string of the molecule is CCN(Cc1ccccc1)C(=O)CNC(=O)c1cc(C2CC2)nc2c1c(=O)[nH]c(=O)n2CC(C)C. The molecule has 2 aromatic heterocycles. The van der Waals surface area contributed by atoms with Crippen molar-refractivity contribution >= 4 is 22.8 Å². The average Bonchev–Trinajstić information content (AvgIpc) is 3.68. The maximum Gasteiger partial charge on any atom is 0.330 e. The summed E-state index contributed by atoms with van der Waals surface area (Å²) in [7, 11) is 0. The predicted molar refractivity (Wildman–Crippen MR) is 133 cm³/mol. The summed E-state index contributed by atoms with van der Waals surface area (Å²) < 4.78 is 1.42. The molecule has 1 fully saturated rings. The van der Waals surface area contributed by atoms with Crippen LogP contribution in [-0.2, 0) is 17.9 Å². The van der Waals surface area contributed by atoms with Crippen LogP contribution >= 0.6 is 0 Å². The van der Waals surface area contributed by atoms with Crippen molar-refractivity contribution in [1.29, 1.82) is 0 Å². The quantitative estimate of drug-likeness (QED) is 0.491. The minimum Gasteiger partial charge on any atom is -0.343 e. The highest BCUT2D eigenvalue weighted by Crippen LogP contribution is 2.39. The van der Waals surface area contributed by atoms with Crippen molar-refractivity contribution in [2.24, 2.45) is 5.92 Å². The fraction of sp³-hybridized carbons (Fsp3) is 0.423. The number of rotatable bonds is 9. The minimum atomic E-state index is -0.657.